The lowest BCUT2D eigenvalue weighted by Gasteiger charge is -2.27. The molecule has 0 atom stereocenters. The summed E-state index contributed by atoms with van der Waals surface area (Å²) in [5.74, 6) is 1.88. The van der Waals surface area contributed by atoms with Crippen molar-refractivity contribution in [1.29, 1.82) is 0 Å². The first-order chi connectivity index (χ1) is 15.8. The lowest BCUT2D eigenvalue weighted by atomic mass is 10.3. The smallest absolute Gasteiger partial charge is 0.522 e. The minimum absolute atomic E-state index is 0.00926. The fourth-order valence-corrected chi connectivity index (χ4v) is 7.39. The molecule has 2 aliphatic rings. The quantitative estimate of drug-likeness (QED) is 0.260. The Morgan fingerprint density at radius 1 is 0.833 bits per heavy atom. The van der Waals surface area contributed by atoms with Crippen LogP contribution in [0.3, 0.4) is 0 Å². The summed E-state index contributed by atoms with van der Waals surface area (Å²) in [7, 11) is -11.2. The van der Waals surface area contributed by atoms with Gasteiger partial charge in [-0.25, -0.2) is 0 Å². The van der Waals surface area contributed by atoms with Crippen LogP contribution in [-0.2, 0) is 27.6 Å². The van der Waals surface area contributed by atoms with Gasteiger partial charge in [0.1, 0.15) is 11.5 Å². The summed E-state index contributed by atoms with van der Waals surface area (Å²) in [4.78, 5) is 10.5. The number of hydrogen-bond acceptors (Lipinski definition) is 7. The highest BCUT2D eigenvalue weighted by Crippen LogP contribution is 2.32. The maximum atomic E-state index is 11.7. The molecule has 0 saturated heterocycles. The zero-order valence-corrected chi connectivity index (χ0v) is 27.0. The van der Waals surface area contributed by atoms with Crippen molar-refractivity contribution in [2.75, 3.05) is 0 Å². The van der Waals surface area contributed by atoms with Crippen LogP contribution in [0, 0.1) is 0 Å². The maximum Gasteiger partial charge on any atom is 0.522 e. The fraction of sp³-hybridized carbons (Fsp3) is 0.682. The molecule has 36 heavy (non-hydrogen) atoms. The zero-order chi connectivity index (χ0) is 28.9. The summed E-state index contributed by atoms with van der Waals surface area (Å²) >= 11 is 0. The third-order valence-electron chi connectivity index (χ3n) is 4.07. The number of hydrogen-bond donors (Lipinski definition) is 1. The molecule has 0 aliphatic heterocycles. The van der Waals surface area contributed by atoms with E-state index in [1.165, 1.54) is 25.2 Å². The van der Waals surface area contributed by atoms with Crippen LogP contribution in [0.15, 0.2) is 34.5 Å². The fourth-order valence-electron chi connectivity index (χ4n) is 2.66. The number of carbonyl (C=O) groups is 1. The Bertz CT molecular complexity index is 996. The number of allylic oxidation sites excluding steroid dienone is 4. The van der Waals surface area contributed by atoms with Crippen molar-refractivity contribution in [1.82, 2.24) is 0 Å². The van der Waals surface area contributed by atoms with E-state index in [9.17, 15) is 26.4 Å². The van der Waals surface area contributed by atoms with E-state index in [0.717, 1.165) is 29.9 Å². The van der Waals surface area contributed by atoms with Gasteiger partial charge in [0, 0.05) is 6.42 Å². The lowest BCUT2D eigenvalue weighted by Crippen LogP contribution is -2.36. The van der Waals surface area contributed by atoms with Crippen LogP contribution in [0.1, 0.15) is 33.1 Å². The molecule has 0 amide bonds. The van der Waals surface area contributed by atoms with Crippen molar-refractivity contribution in [2.45, 2.75) is 97.5 Å². The second kappa shape index (κ2) is 12.5. The zero-order valence-electron chi connectivity index (χ0n) is 23.1. The summed E-state index contributed by atoms with van der Waals surface area (Å²) in [5, 5.41) is 8.80. The van der Waals surface area contributed by atoms with E-state index in [4.69, 9.17) is 14.0 Å². The average Bonchev–Trinajstić information content (AvgIpc) is 3.08. The maximum absolute atomic E-state index is 11.7. The van der Waals surface area contributed by atoms with Crippen LogP contribution in [0.2, 0.25) is 58.9 Å². The van der Waals surface area contributed by atoms with Gasteiger partial charge in [-0.15, -0.1) is 0 Å². The monoisotopic (exact) mass is 590 g/mol. The molecule has 0 unspecified atom stereocenters. The van der Waals surface area contributed by atoms with E-state index in [0.29, 0.717) is 6.42 Å². The molecular weight excluding hydrogens is 550 g/mol. The minimum atomic E-state index is -5.39. The topological polar surface area (TPSA) is 99.1 Å². The number of rotatable bonds is 6. The second-order valence-electron chi connectivity index (χ2n) is 11.5. The third-order valence-corrected chi connectivity index (χ3v) is 9.16. The standard InChI is InChI=1S/C12H24O2Si2.C6H8O2.C4H9F3O3SSi/c1-10-8-9-11(13-15(2,3)4)12(10)14-16(5,6)7;1-4-2-3-5(7)6(4)8;1-12(2,3)10-11(8,9)4(5,6)7/h9H,8H2,1-7H3;8H,2-3H2,1H3;1-3H3. The first kappa shape index (κ1) is 34.6. The number of aliphatic hydroxyl groups excluding tert-OH is 1. The number of aliphatic hydroxyl groups is 1. The molecule has 0 aromatic rings. The molecule has 2 rings (SSSR count). The largest absolute Gasteiger partial charge is 0.542 e. The number of halogens is 3. The normalized spacial score (nSPS) is 17.3. The van der Waals surface area contributed by atoms with E-state index >= 15 is 0 Å². The highest BCUT2D eigenvalue weighted by Gasteiger charge is 2.49. The molecule has 7 nitrogen and oxygen atoms in total. The van der Waals surface area contributed by atoms with Gasteiger partial charge in [-0.05, 0) is 103 Å². The number of Topliss-reactive ketones (excluding diaryl/α,β-unsaturated/α-hetero) is 1. The second-order valence-corrected chi connectivity index (χ2v) is 26.6. The summed E-state index contributed by atoms with van der Waals surface area (Å²) in [5.41, 5.74) is -3.18. The molecule has 0 aromatic carbocycles. The van der Waals surface area contributed by atoms with Crippen molar-refractivity contribution in [3.8, 4) is 0 Å². The van der Waals surface area contributed by atoms with Gasteiger partial charge < -0.3 is 17.8 Å². The van der Waals surface area contributed by atoms with Crippen molar-refractivity contribution in [3.05, 3.63) is 34.5 Å². The van der Waals surface area contributed by atoms with Gasteiger partial charge in [0.25, 0.3) is 0 Å². The molecule has 0 spiro atoms. The van der Waals surface area contributed by atoms with Crippen molar-refractivity contribution < 1.29 is 44.2 Å². The van der Waals surface area contributed by atoms with Crippen molar-refractivity contribution >= 4 is 40.9 Å². The molecule has 0 radical (unpaired) electrons. The van der Waals surface area contributed by atoms with E-state index in [-0.39, 0.29) is 11.5 Å². The van der Waals surface area contributed by atoms with Gasteiger partial charge >= 0.3 is 15.6 Å². The van der Waals surface area contributed by atoms with Crippen LogP contribution < -0.4 is 0 Å². The highest BCUT2D eigenvalue weighted by molar-refractivity contribution is 7.88. The van der Waals surface area contributed by atoms with Crippen molar-refractivity contribution in [3.63, 3.8) is 0 Å². The Kier molecular flexibility index (Phi) is 12.0. The average molecular weight is 591 g/mol. The van der Waals surface area contributed by atoms with Crippen LogP contribution in [0.5, 0.6) is 0 Å². The Morgan fingerprint density at radius 2 is 1.31 bits per heavy atom. The van der Waals surface area contributed by atoms with Crippen molar-refractivity contribution in [2.24, 2.45) is 0 Å². The Morgan fingerprint density at radius 3 is 1.56 bits per heavy atom. The van der Waals surface area contributed by atoms with Crippen LogP contribution in [0.25, 0.3) is 0 Å². The van der Waals surface area contributed by atoms with Gasteiger partial charge in [0.05, 0.1) is 0 Å². The SMILES string of the molecule is CC1=C(O)C(=O)CC1.CC1=C(O[Si](C)(C)C)C(O[Si](C)(C)C)=CC1.C[Si](C)(C)OS(=O)(=O)C(F)(F)F. The summed E-state index contributed by atoms with van der Waals surface area (Å²) < 4.78 is 71.9. The summed E-state index contributed by atoms with van der Waals surface area (Å²) in [6, 6.07) is 0. The van der Waals surface area contributed by atoms with E-state index in [1.807, 2.05) is 0 Å². The molecule has 210 valence electrons. The molecule has 1 N–H and O–H groups in total. The molecule has 0 heterocycles. The van der Waals surface area contributed by atoms with Gasteiger partial charge in [-0.3, -0.25) is 4.79 Å². The molecule has 0 bridgehead atoms. The van der Waals surface area contributed by atoms with Crippen LogP contribution in [-0.4, -0.2) is 49.8 Å². The number of alkyl halides is 3. The van der Waals surface area contributed by atoms with Gasteiger partial charge in [0.2, 0.25) is 25.0 Å². The first-order valence-electron chi connectivity index (χ1n) is 11.5. The van der Waals surface area contributed by atoms with E-state index in [1.54, 1.807) is 6.92 Å². The predicted octanol–water partition coefficient (Wildman–Crippen LogP) is 7.12. The van der Waals surface area contributed by atoms with E-state index in [2.05, 4.69) is 56.2 Å². The lowest BCUT2D eigenvalue weighted by molar-refractivity contribution is -0.117. The Balaban J connectivity index is 0.000000540. The number of ketones is 1. The predicted molar refractivity (Wildman–Crippen MR) is 143 cm³/mol. The third kappa shape index (κ3) is 13.3. The first-order valence-corrected chi connectivity index (χ1v) is 23.1. The van der Waals surface area contributed by atoms with Crippen LogP contribution >= 0.6 is 0 Å². The van der Waals surface area contributed by atoms with E-state index < -0.39 is 40.6 Å². The van der Waals surface area contributed by atoms with Crippen LogP contribution in [0.4, 0.5) is 13.2 Å². The molecule has 2 aliphatic carbocycles. The molecular formula is C22H41F3O7SSi3. The van der Waals surface area contributed by atoms with Gasteiger partial charge in [0.15, 0.2) is 11.5 Å². The molecule has 0 fully saturated rings. The molecule has 0 saturated carbocycles. The molecule has 14 heteroatoms. The Hall–Kier alpha value is -1.36. The number of carbonyl (C=O) groups excluding carboxylic acids is 1. The highest BCUT2D eigenvalue weighted by atomic mass is 32.2. The molecule has 0 aromatic heterocycles. The Labute approximate surface area is 216 Å². The summed E-state index contributed by atoms with van der Waals surface area (Å²) in [6.45, 7) is 21.2. The summed E-state index contributed by atoms with van der Waals surface area (Å²) in [6.07, 6.45) is 4.37. The van der Waals surface area contributed by atoms with Gasteiger partial charge in [-0.2, -0.15) is 21.6 Å². The minimum Gasteiger partial charge on any atom is -0.542 e. The van der Waals surface area contributed by atoms with Gasteiger partial charge in [-0.1, -0.05) is 0 Å².